The van der Waals surface area contributed by atoms with Crippen LogP contribution >= 0.6 is 27.5 Å². The molecule has 0 aliphatic rings. The molecule has 1 heterocycles. The molecule has 4 heteroatoms. The Balaban J connectivity index is 2.23. The fourth-order valence-electron chi connectivity index (χ4n) is 1.81. The highest BCUT2D eigenvalue weighted by atomic mass is 79.9. The van der Waals surface area contributed by atoms with Gasteiger partial charge in [0.05, 0.1) is 0 Å². The Kier molecular flexibility index (Phi) is 4.72. The number of halogens is 2. The molecule has 2 rings (SSSR count). The third-order valence-corrected chi connectivity index (χ3v) is 3.24. The van der Waals surface area contributed by atoms with E-state index in [0.717, 1.165) is 28.8 Å². The van der Waals surface area contributed by atoms with Gasteiger partial charge in [-0.05, 0) is 30.2 Å². The summed E-state index contributed by atoms with van der Waals surface area (Å²) in [5.74, 6) is 0.782. The summed E-state index contributed by atoms with van der Waals surface area (Å²) in [6.07, 6.45) is 2.70. The van der Waals surface area contributed by atoms with Crippen LogP contribution in [0.4, 0.5) is 0 Å². The number of rotatable bonds is 4. The number of hydrogen-bond acceptors (Lipinski definition) is 2. The Morgan fingerprint density at radius 2 is 2.06 bits per heavy atom. The number of aromatic nitrogens is 2. The van der Waals surface area contributed by atoms with Crippen LogP contribution in [0.25, 0.3) is 0 Å². The molecular formula is C14H14BrClN2. The first-order valence-corrected chi connectivity index (χ1v) is 7.11. The van der Waals surface area contributed by atoms with Gasteiger partial charge >= 0.3 is 0 Å². The van der Waals surface area contributed by atoms with E-state index in [1.807, 2.05) is 18.2 Å². The maximum Gasteiger partial charge on any atom is 0.134 e. The van der Waals surface area contributed by atoms with Crippen molar-refractivity contribution in [2.24, 2.45) is 0 Å². The molecule has 0 unspecified atom stereocenters. The van der Waals surface area contributed by atoms with E-state index in [-0.39, 0.29) is 0 Å². The molecule has 0 amide bonds. The van der Waals surface area contributed by atoms with Crippen LogP contribution < -0.4 is 0 Å². The van der Waals surface area contributed by atoms with Gasteiger partial charge in [-0.2, -0.15) is 0 Å². The second-order valence-electron chi connectivity index (χ2n) is 4.15. The maximum atomic E-state index is 6.02. The fourth-order valence-corrected chi connectivity index (χ4v) is 2.48. The minimum Gasteiger partial charge on any atom is -0.237 e. The van der Waals surface area contributed by atoms with E-state index in [1.54, 1.807) is 0 Å². The summed E-state index contributed by atoms with van der Waals surface area (Å²) in [5.41, 5.74) is 2.19. The van der Waals surface area contributed by atoms with Crippen LogP contribution in [0.5, 0.6) is 0 Å². The van der Waals surface area contributed by atoms with Crippen molar-refractivity contribution in [1.29, 1.82) is 0 Å². The molecule has 1 aromatic carbocycles. The third kappa shape index (κ3) is 3.79. The summed E-state index contributed by atoms with van der Waals surface area (Å²) in [7, 11) is 0. The van der Waals surface area contributed by atoms with Gasteiger partial charge in [0.1, 0.15) is 11.0 Å². The van der Waals surface area contributed by atoms with Gasteiger partial charge in [-0.15, -0.1) is 0 Å². The second kappa shape index (κ2) is 6.30. The summed E-state index contributed by atoms with van der Waals surface area (Å²) in [6, 6.07) is 10.00. The standard InChI is InChI=1S/C14H14BrClN2/c1-2-4-12-9-13(16)18-14(17-12)8-10-5-3-6-11(15)7-10/h3,5-7,9H,2,4,8H2,1H3. The lowest BCUT2D eigenvalue weighted by atomic mass is 10.1. The molecule has 2 nitrogen and oxygen atoms in total. The Bertz CT molecular complexity index is 543. The van der Waals surface area contributed by atoms with Gasteiger partial charge in [0.25, 0.3) is 0 Å². The minimum atomic E-state index is 0.526. The first kappa shape index (κ1) is 13.5. The van der Waals surface area contributed by atoms with Crippen molar-refractivity contribution in [1.82, 2.24) is 9.97 Å². The molecule has 1 aromatic heterocycles. The van der Waals surface area contributed by atoms with Gasteiger partial charge in [0.15, 0.2) is 0 Å². The molecule has 0 N–H and O–H groups in total. The van der Waals surface area contributed by atoms with Gasteiger partial charge < -0.3 is 0 Å². The van der Waals surface area contributed by atoms with Crippen LogP contribution in [0.1, 0.15) is 30.4 Å². The topological polar surface area (TPSA) is 25.8 Å². The first-order valence-electron chi connectivity index (χ1n) is 5.94. The quantitative estimate of drug-likeness (QED) is 0.777. The summed E-state index contributed by atoms with van der Waals surface area (Å²) in [5, 5.41) is 0.526. The summed E-state index contributed by atoms with van der Waals surface area (Å²) in [6.45, 7) is 2.13. The predicted molar refractivity (Wildman–Crippen MR) is 78.0 cm³/mol. The van der Waals surface area contributed by atoms with Gasteiger partial charge in [-0.3, -0.25) is 0 Å². The van der Waals surface area contributed by atoms with Crippen LogP contribution in [0.15, 0.2) is 34.8 Å². The Hall–Kier alpha value is -0.930. The van der Waals surface area contributed by atoms with Crippen LogP contribution in [-0.2, 0) is 12.8 Å². The highest BCUT2D eigenvalue weighted by Crippen LogP contribution is 2.16. The highest BCUT2D eigenvalue weighted by molar-refractivity contribution is 9.10. The Morgan fingerprint density at radius 3 is 2.78 bits per heavy atom. The lowest BCUT2D eigenvalue weighted by Crippen LogP contribution is -2.01. The summed E-state index contributed by atoms with van der Waals surface area (Å²) < 4.78 is 1.07. The fraction of sp³-hybridized carbons (Fsp3) is 0.286. The monoisotopic (exact) mass is 324 g/mol. The molecule has 94 valence electrons. The molecule has 0 bridgehead atoms. The predicted octanol–water partition coefficient (Wildman–Crippen LogP) is 4.44. The molecule has 18 heavy (non-hydrogen) atoms. The van der Waals surface area contributed by atoms with Gasteiger partial charge in [-0.25, -0.2) is 9.97 Å². The zero-order chi connectivity index (χ0) is 13.0. The van der Waals surface area contributed by atoms with Gasteiger partial charge in [-0.1, -0.05) is 53.0 Å². The average molecular weight is 326 g/mol. The molecule has 0 aliphatic carbocycles. The molecule has 0 spiro atoms. The van der Waals surface area contributed by atoms with Crippen LogP contribution in [0.2, 0.25) is 5.15 Å². The second-order valence-corrected chi connectivity index (χ2v) is 5.46. The lowest BCUT2D eigenvalue weighted by molar-refractivity contribution is 0.841. The smallest absolute Gasteiger partial charge is 0.134 e. The van der Waals surface area contributed by atoms with E-state index in [4.69, 9.17) is 11.6 Å². The largest absolute Gasteiger partial charge is 0.237 e. The summed E-state index contributed by atoms with van der Waals surface area (Å²) >= 11 is 9.49. The average Bonchev–Trinajstić information content (AvgIpc) is 2.28. The SMILES string of the molecule is CCCc1cc(Cl)nc(Cc2cccc(Br)c2)n1. The Morgan fingerprint density at radius 1 is 1.22 bits per heavy atom. The molecule has 0 radical (unpaired) electrons. The summed E-state index contributed by atoms with van der Waals surface area (Å²) in [4.78, 5) is 8.82. The number of hydrogen-bond donors (Lipinski definition) is 0. The van der Waals surface area contributed by atoms with Gasteiger partial charge in [0, 0.05) is 16.6 Å². The van der Waals surface area contributed by atoms with Crippen molar-refractivity contribution >= 4 is 27.5 Å². The zero-order valence-corrected chi connectivity index (χ0v) is 12.5. The minimum absolute atomic E-state index is 0.526. The van der Waals surface area contributed by atoms with E-state index in [2.05, 4.69) is 45.0 Å². The number of nitrogens with zero attached hydrogens (tertiary/aromatic N) is 2. The van der Waals surface area contributed by atoms with E-state index < -0.39 is 0 Å². The first-order chi connectivity index (χ1) is 8.67. The zero-order valence-electron chi connectivity index (χ0n) is 10.2. The molecule has 0 atom stereocenters. The van der Waals surface area contributed by atoms with E-state index in [9.17, 15) is 0 Å². The normalized spacial score (nSPS) is 10.6. The van der Waals surface area contributed by atoms with Crippen molar-refractivity contribution in [3.8, 4) is 0 Å². The number of aryl methyl sites for hydroxylation is 1. The van der Waals surface area contributed by atoms with Crippen molar-refractivity contribution in [2.45, 2.75) is 26.2 Å². The van der Waals surface area contributed by atoms with E-state index in [1.165, 1.54) is 5.56 Å². The number of benzene rings is 1. The molecule has 0 saturated heterocycles. The van der Waals surface area contributed by atoms with Crippen molar-refractivity contribution < 1.29 is 0 Å². The van der Waals surface area contributed by atoms with Gasteiger partial charge in [0.2, 0.25) is 0 Å². The highest BCUT2D eigenvalue weighted by Gasteiger charge is 2.04. The van der Waals surface area contributed by atoms with Crippen LogP contribution in [0, 0.1) is 0 Å². The van der Waals surface area contributed by atoms with E-state index >= 15 is 0 Å². The van der Waals surface area contributed by atoms with E-state index in [0.29, 0.717) is 11.6 Å². The Labute approximate surface area is 121 Å². The molecule has 0 saturated carbocycles. The van der Waals surface area contributed by atoms with Crippen molar-refractivity contribution in [3.05, 3.63) is 57.0 Å². The lowest BCUT2D eigenvalue weighted by Gasteiger charge is -2.05. The molecule has 0 fully saturated rings. The maximum absolute atomic E-state index is 6.02. The van der Waals surface area contributed by atoms with Crippen LogP contribution in [0.3, 0.4) is 0 Å². The molecule has 2 aromatic rings. The van der Waals surface area contributed by atoms with Crippen LogP contribution in [-0.4, -0.2) is 9.97 Å². The molecule has 0 aliphatic heterocycles. The molecular weight excluding hydrogens is 312 g/mol. The third-order valence-electron chi connectivity index (χ3n) is 2.55. The van der Waals surface area contributed by atoms with Crippen molar-refractivity contribution in [3.63, 3.8) is 0 Å². The van der Waals surface area contributed by atoms with Crippen molar-refractivity contribution in [2.75, 3.05) is 0 Å².